The zero-order valence-electron chi connectivity index (χ0n) is 16.9. The van der Waals surface area contributed by atoms with Crippen LogP contribution in [0.3, 0.4) is 0 Å². The largest absolute Gasteiger partial charge is 0.477 e. The summed E-state index contributed by atoms with van der Waals surface area (Å²) < 4.78 is 1.65. The second-order valence-corrected chi connectivity index (χ2v) is 8.10. The Kier molecular flexibility index (Phi) is 5.86. The maximum absolute atomic E-state index is 13.0. The van der Waals surface area contributed by atoms with Crippen molar-refractivity contribution in [3.05, 3.63) is 79.8 Å². The summed E-state index contributed by atoms with van der Waals surface area (Å²) in [7, 11) is 0. The van der Waals surface area contributed by atoms with E-state index in [0.717, 1.165) is 16.7 Å². The Morgan fingerprint density at radius 3 is 2.53 bits per heavy atom. The van der Waals surface area contributed by atoms with Crippen LogP contribution < -0.4 is 10.9 Å². The number of nitrogens with zero attached hydrogens (tertiary/aromatic N) is 2. The SMILES string of the molecule is Cc1ccc(C=C2CCn3c2nc2cc(NC(=O)/C(Cl)=C(/Cl)C(=O)O)ccc2c3=O)cc1. The molecular weight excluding hydrogens is 453 g/mol. The normalized spacial score (nSPS) is 14.9. The van der Waals surface area contributed by atoms with Crippen molar-refractivity contribution in [3.63, 3.8) is 0 Å². The zero-order chi connectivity index (χ0) is 23.0. The first-order valence-electron chi connectivity index (χ1n) is 9.66. The van der Waals surface area contributed by atoms with Crippen molar-refractivity contribution < 1.29 is 14.7 Å². The number of carbonyl (C=O) groups is 2. The van der Waals surface area contributed by atoms with Crippen molar-refractivity contribution in [2.45, 2.75) is 19.9 Å². The first-order valence-corrected chi connectivity index (χ1v) is 10.4. The molecule has 1 aliphatic rings. The maximum atomic E-state index is 13.0. The van der Waals surface area contributed by atoms with Gasteiger partial charge in [-0.2, -0.15) is 0 Å². The van der Waals surface area contributed by atoms with E-state index < -0.39 is 21.9 Å². The average Bonchev–Trinajstić information content (AvgIpc) is 3.16. The number of carboxylic acids is 1. The molecule has 0 radical (unpaired) electrons. The van der Waals surface area contributed by atoms with Crippen LogP contribution in [-0.4, -0.2) is 26.5 Å². The van der Waals surface area contributed by atoms with E-state index in [1.165, 1.54) is 12.1 Å². The molecule has 0 unspecified atom stereocenters. The smallest absolute Gasteiger partial charge is 0.349 e. The van der Waals surface area contributed by atoms with Crippen LogP contribution in [-0.2, 0) is 16.1 Å². The van der Waals surface area contributed by atoms with Gasteiger partial charge in [0.25, 0.3) is 11.5 Å². The molecule has 7 nitrogen and oxygen atoms in total. The lowest BCUT2D eigenvalue weighted by molar-refractivity contribution is -0.132. The van der Waals surface area contributed by atoms with Gasteiger partial charge in [0.2, 0.25) is 0 Å². The van der Waals surface area contributed by atoms with Gasteiger partial charge < -0.3 is 10.4 Å². The Labute approximate surface area is 192 Å². The van der Waals surface area contributed by atoms with E-state index >= 15 is 0 Å². The molecule has 2 aromatic carbocycles. The third-order valence-electron chi connectivity index (χ3n) is 5.10. The summed E-state index contributed by atoms with van der Waals surface area (Å²) in [6, 6.07) is 12.7. The van der Waals surface area contributed by atoms with Gasteiger partial charge in [0.05, 0.1) is 10.9 Å². The van der Waals surface area contributed by atoms with Gasteiger partial charge in [-0.1, -0.05) is 53.0 Å². The highest BCUT2D eigenvalue weighted by molar-refractivity contribution is 6.54. The van der Waals surface area contributed by atoms with Crippen molar-refractivity contribution in [1.29, 1.82) is 0 Å². The number of aliphatic carboxylic acids is 1. The maximum Gasteiger partial charge on any atom is 0.349 e. The quantitative estimate of drug-likeness (QED) is 0.552. The first-order chi connectivity index (χ1) is 15.2. The van der Waals surface area contributed by atoms with Gasteiger partial charge >= 0.3 is 5.97 Å². The number of amides is 1. The van der Waals surface area contributed by atoms with E-state index in [1.54, 1.807) is 10.6 Å². The molecule has 32 heavy (non-hydrogen) atoms. The summed E-state index contributed by atoms with van der Waals surface area (Å²) in [5.41, 5.74) is 3.66. The fraction of sp³-hybridized carbons (Fsp3) is 0.130. The number of halogens is 2. The molecule has 162 valence electrons. The monoisotopic (exact) mass is 469 g/mol. The minimum Gasteiger partial charge on any atom is -0.477 e. The summed E-state index contributed by atoms with van der Waals surface area (Å²) in [5.74, 6) is -1.81. The van der Waals surface area contributed by atoms with E-state index in [1.807, 2.05) is 37.3 Å². The molecule has 9 heteroatoms. The van der Waals surface area contributed by atoms with E-state index in [0.29, 0.717) is 35.4 Å². The lowest BCUT2D eigenvalue weighted by Crippen LogP contribution is -2.21. The summed E-state index contributed by atoms with van der Waals surface area (Å²) >= 11 is 11.3. The summed E-state index contributed by atoms with van der Waals surface area (Å²) in [5, 5.41) is 10.3. The number of carboxylic acid groups (broad SMARTS) is 1. The number of fused-ring (bicyclic) bond motifs is 2. The van der Waals surface area contributed by atoms with Crippen molar-refractivity contribution in [3.8, 4) is 0 Å². The van der Waals surface area contributed by atoms with E-state index in [2.05, 4.69) is 10.3 Å². The van der Waals surface area contributed by atoms with Crippen LogP contribution in [0.15, 0.2) is 57.3 Å². The lowest BCUT2D eigenvalue weighted by Gasteiger charge is -2.09. The van der Waals surface area contributed by atoms with Crippen LogP contribution in [0.25, 0.3) is 22.6 Å². The lowest BCUT2D eigenvalue weighted by atomic mass is 10.1. The Hall–Kier alpha value is -3.42. The second-order valence-electron chi connectivity index (χ2n) is 7.34. The average molecular weight is 470 g/mol. The molecule has 0 saturated carbocycles. The Morgan fingerprint density at radius 1 is 1.12 bits per heavy atom. The molecule has 1 aromatic heterocycles. The summed E-state index contributed by atoms with van der Waals surface area (Å²) in [6.07, 6.45) is 2.70. The summed E-state index contributed by atoms with van der Waals surface area (Å²) in [4.78, 5) is 40.7. The molecule has 1 aliphatic heterocycles. The molecular formula is C23H17Cl2N3O4. The third-order valence-corrected chi connectivity index (χ3v) is 5.91. The fourth-order valence-electron chi connectivity index (χ4n) is 3.48. The fourth-order valence-corrected chi connectivity index (χ4v) is 3.69. The van der Waals surface area contributed by atoms with Crippen molar-refractivity contribution in [2.75, 3.05) is 5.32 Å². The third kappa shape index (κ3) is 4.17. The van der Waals surface area contributed by atoms with Crippen LogP contribution in [0, 0.1) is 6.92 Å². The molecule has 2 N–H and O–H groups in total. The van der Waals surface area contributed by atoms with Gasteiger partial charge in [-0.25, -0.2) is 9.78 Å². The standard InChI is InChI=1S/C23H17Cl2N3O4/c1-12-2-4-13(5-3-12)10-14-8-9-28-20(14)27-17-11-15(6-7-16(17)22(28)30)26-21(29)18(24)19(25)23(31)32/h2-7,10-11H,8-9H2,1H3,(H,26,29)(H,31,32)/b14-10?,19-18-. The number of allylic oxidation sites excluding steroid dienone is 1. The minimum atomic E-state index is -1.51. The molecule has 0 spiro atoms. The molecule has 0 bridgehead atoms. The van der Waals surface area contributed by atoms with Gasteiger partial charge in [0.15, 0.2) is 0 Å². The minimum absolute atomic E-state index is 0.165. The van der Waals surface area contributed by atoms with Crippen LogP contribution in [0.2, 0.25) is 0 Å². The van der Waals surface area contributed by atoms with Crippen molar-refractivity contribution in [2.24, 2.45) is 0 Å². The summed E-state index contributed by atoms with van der Waals surface area (Å²) in [6.45, 7) is 2.56. The highest BCUT2D eigenvalue weighted by Gasteiger charge is 2.22. The van der Waals surface area contributed by atoms with E-state index in [9.17, 15) is 14.4 Å². The number of anilines is 1. The number of rotatable bonds is 4. The van der Waals surface area contributed by atoms with Gasteiger partial charge in [0, 0.05) is 12.2 Å². The molecule has 1 amide bonds. The molecule has 2 heterocycles. The van der Waals surface area contributed by atoms with Crippen molar-refractivity contribution >= 4 is 63.3 Å². The predicted molar refractivity (Wildman–Crippen MR) is 125 cm³/mol. The van der Waals surface area contributed by atoms with Crippen LogP contribution in [0.1, 0.15) is 23.4 Å². The molecule has 4 rings (SSSR count). The Balaban J connectivity index is 1.72. The van der Waals surface area contributed by atoms with Gasteiger partial charge in [-0.15, -0.1) is 0 Å². The van der Waals surface area contributed by atoms with Crippen LogP contribution in [0.4, 0.5) is 5.69 Å². The van der Waals surface area contributed by atoms with Gasteiger partial charge in [0.1, 0.15) is 15.9 Å². The number of hydrogen-bond donors (Lipinski definition) is 2. The van der Waals surface area contributed by atoms with Gasteiger partial charge in [-0.3, -0.25) is 14.2 Å². The number of benzene rings is 2. The van der Waals surface area contributed by atoms with E-state index in [-0.39, 0.29) is 5.56 Å². The number of aromatic nitrogens is 2. The van der Waals surface area contributed by atoms with Gasteiger partial charge in [-0.05, 0) is 48.8 Å². The molecule has 0 fully saturated rings. The molecule has 0 atom stereocenters. The predicted octanol–water partition coefficient (Wildman–Crippen LogP) is 4.36. The molecule has 3 aromatic rings. The zero-order valence-corrected chi connectivity index (χ0v) is 18.4. The van der Waals surface area contributed by atoms with Crippen LogP contribution in [0.5, 0.6) is 0 Å². The number of hydrogen-bond acceptors (Lipinski definition) is 4. The first kappa shape index (κ1) is 21.8. The number of carbonyl (C=O) groups excluding carboxylic acids is 1. The topological polar surface area (TPSA) is 101 Å². The highest BCUT2D eigenvalue weighted by Crippen LogP contribution is 2.28. The Bertz CT molecular complexity index is 1390. The number of aryl methyl sites for hydroxylation is 1. The molecule has 0 aliphatic carbocycles. The van der Waals surface area contributed by atoms with E-state index in [4.69, 9.17) is 28.3 Å². The molecule has 0 saturated heterocycles. The second kappa shape index (κ2) is 8.61. The van der Waals surface area contributed by atoms with Crippen molar-refractivity contribution in [1.82, 2.24) is 9.55 Å². The number of nitrogens with one attached hydrogen (secondary N) is 1. The Morgan fingerprint density at radius 2 is 1.84 bits per heavy atom. The van der Waals surface area contributed by atoms with Crippen LogP contribution >= 0.6 is 23.2 Å². The highest BCUT2D eigenvalue weighted by atomic mass is 35.5.